The fourth-order valence-electron chi connectivity index (χ4n) is 0.242. The van der Waals surface area contributed by atoms with Crippen molar-refractivity contribution in [3.05, 3.63) is 6.54 Å². The van der Waals surface area contributed by atoms with Gasteiger partial charge in [0.2, 0.25) is 0 Å². The minimum absolute atomic E-state index is 0.204. The second-order valence-electron chi connectivity index (χ2n) is 0.925. The van der Waals surface area contributed by atoms with Crippen LogP contribution in [0.15, 0.2) is 4.99 Å². The first-order valence-corrected chi connectivity index (χ1v) is 2.01. The third kappa shape index (κ3) is 0.627. The number of nitrogens with one attached hydrogen (secondary N) is 1. The van der Waals surface area contributed by atoms with Gasteiger partial charge in [-0.05, 0) is 0 Å². The van der Waals surface area contributed by atoms with Crippen LogP contribution in [-0.2, 0) is 0 Å². The number of aliphatic imine (C=N–C) groups is 1. The van der Waals surface area contributed by atoms with Crippen LogP contribution in [0.2, 0.25) is 0 Å². The molecule has 2 nitrogen and oxygen atoms in total. The zero-order valence-corrected chi connectivity index (χ0v) is 3.74. The number of hydrogen-bond acceptors (Lipinski definition) is 2. The average Bonchev–Trinajstić information content (AvgIpc) is 1.86. The molecule has 0 aromatic heterocycles. The summed E-state index contributed by atoms with van der Waals surface area (Å²) in [6.45, 7) is 1.64. The summed E-state index contributed by atoms with van der Waals surface area (Å²) in [5.41, 5.74) is -0.204. The normalized spacial score (nSPS) is 30.5. The van der Waals surface area contributed by atoms with E-state index in [4.69, 9.17) is 11.6 Å². The quantitative estimate of drug-likeness (QED) is 0.344. The zero-order chi connectivity index (χ0) is 4.41. The lowest BCUT2D eigenvalue weighted by atomic mass is 10.7. The van der Waals surface area contributed by atoms with Gasteiger partial charge in [0.25, 0.3) is 0 Å². The number of nitrogens with zero attached hydrogens (tertiary/aromatic N) is 1. The highest BCUT2D eigenvalue weighted by Crippen LogP contribution is 2.01. The van der Waals surface area contributed by atoms with Crippen molar-refractivity contribution in [2.45, 2.75) is 5.50 Å². The van der Waals surface area contributed by atoms with Crippen LogP contribution in [0.25, 0.3) is 0 Å². The van der Waals surface area contributed by atoms with Crippen molar-refractivity contribution >= 4 is 17.9 Å². The van der Waals surface area contributed by atoms with Crippen molar-refractivity contribution in [1.82, 2.24) is 5.32 Å². The molecule has 1 aliphatic rings. The molecular weight excluding hydrogens is 99.5 g/mol. The molecule has 0 fully saturated rings. The van der Waals surface area contributed by atoms with Gasteiger partial charge in [-0.15, -0.1) is 0 Å². The van der Waals surface area contributed by atoms with Crippen LogP contribution in [-0.4, -0.2) is 11.8 Å². The average molecular weight is 103 g/mol. The van der Waals surface area contributed by atoms with Crippen molar-refractivity contribution in [1.29, 1.82) is 0 Å². The highest BCUT2D eigenvalue weighted by Gasteiger charge is 2.03. The molecule has 32 valence electrons. The number of halogens is 1. The lowest BCUT2D eigenvalue weighted by Gasteiger charge is -1.85. The SMILES string of the molecule is ClC1[CH]N[C]=N1. The minimum Gasteiger partial charge on any atom is -0.359 e. The van der Waals surface area contributed by atoms with Gasteiger partial charge in [0.1, 0.15) is 5.50 Å². The molecular formula is C3H3ClN2. The lowest BCUT2D eigenvalue weighted by molar-refractivity contribution is 1.04. The molecule has 1 N–H and O–H groups in total. The van der Waals surface area contributed by atoms with Crippen molar-refractivity contribution in [3.63, 3.8) is 0 Å². The van der Waals surface area contributed by atoms with Crippen LogP contribution < -0.4 is 5.32 Å². The summed E-state index contributed by atoms with van der Waals surface area (Å²) in [5, 5.41) is 2.60. The Morgan fingerprint density at radius 3 is 3.00 bits per heavy atom. The van der Waals surface area contributed by atoms with E-state index in [0.29, 0.717) is 0 Å². The topological polar surface area (TPSA) is 24.4 Å². The maximum atomic E-state index is 5.36. The van der Waals surface area contributed by atoms with Crippen molar-refractivity contribution in [2.24, 2.45) is 4.99 Å². The summed E-state index contributed by atoms with van der Waals surface area (Å²) in [6.07, 6.45) is 2.46. The van der Waals surface area contributed by atoms with E-state index in [1.54, 1.807) is 6.54 Å². The highest BCUT2D eigenvalue weighted by molar-refractivity contribution is 6.22. The lowest BCUT2D eigenvalue weighted by Crippen LogP contribution is -2.01. The molecule has 1 unspecified atom stereocenters. The summed E-state index contributed by atoms with van der Waals surface area (Å²) in [4.78, 5) is 3.58. The maximum Gasteiger partial charge on any atom is 0.166 e. The zero-order valence-electron chi connectivity index (χ0n) is 2.98. The molecule has 0 saturated carbocycles. The van der Waals surface area contributed by atoms with Crippen LogP contribution in [0.4, 0.5) is 0 Å². The third-order valence-electron chi connectivity index (χ3n) is 0.473. The van der Waals surface area contributed by atoms with Crippen molar-refractivity contribution < 1.29 is 0 Å². The van der Waals surface area contributed by atoms with E-state index in [-0.39, 0.29) is 5.50 Å². The van der Waals surface area contributed by atoms with E-state index >= 15 is 0 Å². The highest BCUT2D eigenvalue weighted by atomic mass is 35.5. The Bertz CT molecular complexity index is 71.2. The maximum absolute atomic E-state index is 5.36. The van der Waals surface area contributed by atoms with Crippen molar-refractivity contribution in [3.8, 4) is 0 Å². The molecule has 0 spiro atoms. The number of hydrogen-bond donors (Lipinski definition) is 1. The van der Waals surface area contributed by atoms with E-state index in [1.165, 1.54) is 0 Å². The van der Waals surface area contributed by atoms with Crippen molar-refractivity contribution in [2.75, 3.05) is 0 Å². The van der Waals surface area contributed by atoms with Crippen LogP contribution in [0.5, 0.6) is 0 Å². The molecule has 0 bridgehead atoms. The van der Waals surface area contributed by atoms with Gasteiger partial charge in [-0.2, -0.15) is 0 Å². The van der Waals surface area contributed by atoms with Gasteiger partial charge in [-0.1, -0.05) is 11.6 Å². The summed E-state index contributed by atoms with van der Waals surface area (Å²) in [5.74, 6) is 0. The Balaban J connectivity index is 2.38. The fourth-order valence-corrected chi connectivity index (χ4v) is 0.354. The Morgan fingerprint density at radius 2 is 2.83 bits per heavy atom. The molecule has 0 amide bonds. The van der Waals surface area contributed by atoms with Gasteiger partial charge in [0.05, 0.1) is 6.54 Å². The van der Waals surface area contributed by atoms with Gasteiger partial charge in [-0.3, -0.25) is 0 Å². The van der Waals surface area contributed by atoms with Gasteiger partial charge in [-0.25, -0.2) is 4.99 Å². The summed E-state index contributed by atoms with van der Waals surface area (Å²) in [7, 11) is 0. The number of alkyl halides is 1. The van der Waals surface area contributed by atoms with Gasteiger partial charge >= 0.3 is 0 Å². The van der Waals surface area contributed by atoms with Crippen LogP contribution in [0.3, 0.4) is 0 Å². The molecule has 0 aliphatic carbocycles. The van der Waals surface area contributed by atoms with Gasteiger partial charge in [0, 0.05) is 0 Å². The first-order valence-electron chi connectivity index (χ1n) is 1.57. The molecule has 1 atom stereocenters. The molecule has 6 heavy (non-hydrogen) atoms. The Kier molecular flexibility index (Phi) is 0.965. The summed E-state index contributed by atoms with van der Waals surface area (Å²) < 4.78 is 0. The smallest absolute Gasteiger partial charge is 0.166 e. The van der Waals surface area contributed by atoms with Crippen LogP contribution in [0.1, 0.15) is 0 Å². The Morgan fingerprint density at radius 1 is 2.00 bits per heavy atom. The van der Waals surface area contributed by atoms with Crippen LogP contribution in [0, 0.1) is 6.54 Å². The molecule has 3 heteroatoms. The first kappa shape index (κ1) is 3.93. The fraction of sp³-hybridized carbons (Fsp3) is 0.333. The molecule has 1 heterocycles. The Hall–Kier alpha value is -0.240. The van der Waals surface area contributed by atoms with E-state index in [1.807, 2.05) is 0 Å². The van der Waals surface area contributed by atoms with E-state index in [2.05, 4.69) is 16.6 Å². The summed E-state index contributed by atoms with van der Waals surface area (Å²) in [6, 6.07) is 0. The molecule has 0 aromatic rings. The molecule has 1 aliphatic heterocycles. The second kappa shape index (κ2) is 1.47. The molecule has 0 saturated heterocycles. The molecule has 1 rings (SSSR count). The predicted octanol–water partition coefficient (Wildman–Crippen LogP) is 0.222. The van der Waals surface area contributed by atoms with Gasteiger partial charge in [0.15, 0.2) is 6.34 Å². The largest absolute Gasteiger partial charge is 0.359 e. The minimum atomic E-state index is -0.204. The molecule has 0 aromatic carbocycles. The second-order valence-corrected chi connectivity index (χ2v) is 1.37. The first-order chi connectivity index (χ1) is 2.89. The number of rotatable bonds is 0. The Labute approximate surface area is 41.2 Å². The standard InChI is InChI=1S/C3H3ClN2/c4-3-1-5-2-6-3/h1,3H,(H,5,6). The monoisotopic (exact) mass is 102 g/mol. The summed E-state index contributed by atoms with van der Waals surface area (Å²) >= 11 is 5.36. The van der Waals surface area contributed by atoms with E-state index in [9.17, 15) is 0 Å². The third-order valence-corrected chi connectivity index (χ3v) is 0.697. The van der Waals surface area contributed by atoms with E-state index in [0.717, 1.165) is 0 Å². The molecule has 2 radical (unpaired) electrons. The predicted molar refractivity (Wildman–Crippen MR) is 24.5 cm³/mol. The van der Waals surface area contributed by atoms with Crippen LogP contribution >= 0.6 is 11.6 Å². The van der Waals surface area contributed by atoms with Gasteiger partial charge < -0.3 is 5.32 Å². The van der Waals surface area contributed by atoms with E-state index < -0.39 is 0 Å².